The van der Waals surface area contributed by atoms with Crippen molar-refractivity contribution in [2.45, 2.75) is 32.4 Å². The average molecular weight is 280 g/mol. The summed E-state index contributed by atoms with van der Waals surface area (Å²) in [5, 5.41) is 3.00. The van der Waals surface area contributed by atoms with Crippen LogP contribution in [-0.2, 0) is 11.3 Å². The van der Waals surface area contributed by atoms with Gasteiger partial charge < -0.3 is 15.8 Å². The highest BCUT2D eigenvalue weighted by molar-refractivity contribution is 5.61. The SMILES string of the molecule is C#CCC(CC)Nc1c(N)n(CCOC)c(=O)[nH]c1=O. The van der Waals surface area contributed by atoms with Crippen LogP contribution in [0.4, 0.5) is 11.5 Å². The monoisotopic (exact) mass is 280 g/mol. The zero-order valence-electron chi connectivity index (χ0n) is 11.7. The summed E-state index contributed by atoms with van der Waals surface area (Å²) in [6, 6.07) is -0.0724. The summed E-state index contributed by atoms with van der Waals surface area (Å²) in [7, 11) is 1.52. The first-order chi connectivity index (χ1) is 9.54. The predicted molar refractivity (Wildman–Crippen MR) is 78.8 cm³/mol. The van der Waals surface area contributed by atoms with E-state index in [9.17, 15) is 9.59 Å². The lowest BCUT2D eigenvalue weighted by Gasteiger charge is -2.18. The second kappa shape index (κ2) is 7.40. The third-order valence-electron chi connectivity index (χ3n) is 2.96. The molecule has 0 saturated carbocycles. The van der Waals surface area contributed by atoms with Gasteiger partial charge in [-0.3, -0.25) is 14.3 Å². The summed E-state index contributed by atoms with van der Waals surface area (Å²) >= 11 is 0. The Labute approximate surface area is 117 Å². The number of aromatic nitrogens is 2. The summed E-state index contributed by atoms with van der Waals surface area (Å²) in [6.45, 7) is 2.52. The summed E-state index contributed by atoms with van der Waals surface area (Å²) in [6.07, 6.45) is 6.48. The molecule has 0 bridgehead atoms. The van der Waals surface area contributed by atoms with Crippen LogP contribution in [0, 0.1) is 12.3 Å². The highest BCUT2D eigenvalue weighted by atomic mass is 16.5. The van der Waals surface area contributed by atoms with Gasteiger partial charge in [0.05, 0.1) is 13.2 Å². The molecule has 1 aromatic heterocycles. The minimum atomic E-state index is -0.555. The number of methoxy groups -OCH3 is 1. The van der Waals surface area contributed by atoms with Gasteiger partial charge >= 0.3 is 5.69 Å². The van der Waals surface area contributed by atoms with E-state index >= 15 is 0 Å². The Morgan fingerprint density at radius 2 is 2.25 bits per heavy atom. The van der Waals surface area contributed by atoms with Crippen LogP contribution >= 0.6 is 0 Å². The van der Waals surface area contributed by atoms with Crippen molar-refractivity contribution in [2.24, 2.45) is 0 Å². The number of rotatable bonds is 7. The molecular formula is C13H20N4O3. The minimum absolute atomic E-state index is 0.0724. The van der Waals surface area contributed by atoms with Crippen LogP contribution in [0.2, 0.25) is 0 Å². The van der Waals surface area contributed by atoms with Gasteiger partial charge in [0.2, 0.25) is 0 Å². The topological polar surface area (TPSA) is 102 Å². The fourth-order valence-electron chi connectivity index (χ4n) is 1.78. The van der Waals surface area contributed by atoms with Gasteiger partial charge in [0.1, 0.15) is 11.5 Å². The maximum absolute atomic E-state index is 11.8. The number of aromatic amines is 1. The lowest BCUT2D eigenvalue weighted by atomic mass is 10.1. The summed E-state index contributed by atoms with van der Waals surface area (Å²) in [4.78, 5) is 25.8. The fourth-order valence-corrected chi connectivity index (χ4v) is 1.78. The van der Waals surface area contributed by atoms with Crippen molar-refractivity contribution in [2.75, 3.05) is 24.8 Å². The molecule has 0 radical (unpaired) electrons. The molecular weight excluding hydrogens is 260 g/mol. The van der Waals surface area contributed by atoms with Gasteiger partial charge in [0.25, 0.3) is 5.56 Å². The lowest BCUT2D eigenvalue weighted by Crippen LogP contribution is -2.36. The normalized spacial score (nSPS) is 11.8. The molecule has 7 nitrogen and oxygen atoms in total. The molecule has 4 N–H and O–H groups in total. The molecule has 0 aliphatic heterocycles. The second-order valence-electron chi connectivity index (χ2n) is 4.32. The van der Waals surface area contributed by atoms with Crippen molar-refractivity contribution in [3.05, 3.63) is 20.8 Å². The van der Waals surface area contributed by atoms with Crippen molar-refractivity contribution in [1.82, 2.24) is 9.55 Å². The number of nitrogens with one attached hydrogen (secondary N) is 2. The van der Waals surface area contributed by atoms with Crippen LogP contribution in [0.15, 0.2) is 9.59 Å². The zero-order chi connectivity index (χ0) is 15.1. The molecule has 1 unspecified atom stereocenters. The molecule has 0 fully saturated rings. The van der Waals surface area contributed by atoms with Crippen LogP contribution < -0.4 is 22.3 Å². The van der Waals surface area contributed by atoms with E-state index in [4.69, 9.17) is 16.9 Å². The Balaban J connectivity index is 3.16. The van der Waals surface area contributed by atoms with Gasteiger partial charge in [0.15, 0.2) is 0 Å². The van der Waals surface area contributed by atoms with E-state index in [2.05, 4.69) is 16.2 Å². The molecule has 0 aliphatic rings. The van der Waals surface area contributed by atoms with E-state index in [-0.39, 0.29) is 24.1 Å². The Hall–Kier alpha value is -2.20. The van der Waals surface area contributed by atoms with E-state index in [0.717, 1.165) is 6.42 Å². The highest BCUT2D eigenvalue weighted by Gasteiger charge is 2.15. The number of H-pyrrole nitrogens is 1. The Bertz CT molecular complexity index is 597. The maximum Gasteiger partial charge on any atom is 0.330 e. The standard InChI is InChI=1S/C13H20N4O3/c1-4-6-9(5-2)15-10-11(14)17(7-8-20-3)13(19)16-12(10)18/h1,9,15H,5-8,14H2,2-3H3,(H,16,18,19). The molecule has 20 heavy (non-hydrogen) atoms. The molecule has 1 heterocycles. The molecule has 1 atom stereocenters. The van der Waals surface area contributed by atoms with Crippen LogP contribution in [0.1, 0.15) is 19.8 Å². The van der Waals surface area contributed by atoms with Crippen LogP contribution in [0.3, 0.4) is 0 Å². The molecule has 0 aromatic carbocycles. The smallest absolute Gasteiger partial charge is 0.330 e. The van der Waals surface area contributed by atoms with Crippen LogP contribution in [-0.4, -0.2) is 29.3 Å². The van der Waals surface area contributed by atoms with Gasteiger partial charge in [-0.2, -0.15) is 0 Å². The molecule has 0 spiro atoms. The fraction of sp³-hybridized carbons (Fsp3) is 0.538. The largest absolute Gasteiger partial charge is 0.383 e. The minimum Gasteiger partial charge on any atom is -0.383 e. The van der Waals surface area contributed by atoms with Crippen molar-refractivity contribution < 1.29 is 4.74 Å². The molecule has 110 valence electrons. The van der Waals surface area contributed by atoms with Crippen molar-refractivity contribution in [3.63, 3.8) is 0 Å². The summed E-state index contributed by atoms with van der Waals surface area (Å²) in [5.41, 5.74) is 4.97. The number of hydrogen-bond donors (Lipinski definition) is 3. The molecule has 7 heteroatoms. The first-order valence-electron chi connectivity index (χ1n) is 6.36. The Morgan fingerprint density at radius 1 is 1.55 bits per heavy atom. The molecule has 1 aromatic rings. The number of hydrogen-bond acceptors (Lipinski definition) is 5. The second-order valence-corrected chi connectivity index (χ2v) is 4.32. The first kappa shape index (κ1) is 15.9. The van der Waals surface area contributed by atoms with Crippen molar-refractivity contribution in [1.29, 1.82) is 0 Å². The highest BCUT2D eigenvalue weighted by Crippen LogP contribution is 2.13. The average Bonchev–Trinajstić information content (AvgIpc) is 2.42. The van der Waals surface area contributed by atoms with E-state index < -0.39 is 11.2 Å². The van der Waals surface area contributed by atoms with E-state index in [1.54, 1.807) is 0 Å². The van der Waals surface area contributed by atoms with Gasteiger partial charge in [-0.1, -0.05) is 6.92 Å². The third-order valence-corrected chi connectivity index (χ3v) is 2.96. The number of ether oxygens (including phenoxy) is 1. The number of nitrogen functional groups attached to an aromatic ring is 1. The predicted octanol–water partition coefficient (Wildman–Crippen LogP) is -0.0210. The number of anilines is 2. The van der Waals surface area contributed by atoms with Crippen molar-refractivity contribution in [3.8, 4) is 12.3 Å². The van der Waals surface area contributed by atoms with Crippen molar-refractivity contribution >= 4 is 11.5 Å². The van der Waals surface area contributed by atoms with E-state index in [0.29, 0.717) is 13.0 Å². The van der Waals surface area contributed by atoms with Gasteiger partial charge in [0, 0.05) is 19.6 Å². The lowest BCUT2D eigenvalue weighted by molar-refractivity contribution is 0.186. The van der Waals surface area contributed by atoms with Gasteiger partial charge in [-0.05, 0) is 6.42 Å². The Morgan fingerprint density at radius 3 is 2.80 bits per heavy atom. The molecule has 1 rings (SSSR count). The third kappa shape index (κ3) is 3.65. The first-order valence-corrected chi connectivity index (χ1v) is 6.36. The maximum atomic E-state index is 11.8. The van der Waals surface area contributed by atoms with E-state index in [1.165, 1.54) is 11.7 Å². The summed E-state index contributed by atoms with van der Waals surface area (Å²) in [5.74, 6) is 2.62. The number of nitrogens with zero attached hydrogens (tertiary/aromatic N) is 1. The number of terminal acetylenes is 1. The zero-order valence-corrected chi connectivity index (χ0v) is 11.7. The van der Waals surface area contributed by atoms with Gasteiger partial charge in [-0.15, -0.1) is 12.3 Å². The molecule has 0 saturated heterocycles. The Kier molecular flexibility index (Phi) is 5.87. The van der Waals surface area contributed by atoms with Gasteiger partial charge in [-0.25, -0.2) is 4.79 Å². The quantitative estimate of drug-likeness (QED) is 0.609. The molecule has 0 amide bonds. The molecule has 0 aliphatic carbocycles. The summed E-state index contributed by atoms with van der Waals surface area (Å²) < 4.78 is 6.17. The number of nitrogens with two attached hydrogens (primary N) is 1. The van der Waals surface area contributed by atoms with Crippen LogP contribution in [0.5, 0.6) is 0 Å². The van der Waals surface area contributed by atoms with E-state index in [1.807, 2.05) is 6.92 Å². The van der Waals surface area contributed by atoms with Crippen LogP contribution in [0.25, 0.3) is 0 Å².